The van der Waals surface area contributed by atoms with Crippen LogP contribution in [0.15, 0.2) is 29.4 Å². The molecule has 2 aromatic rings. The SMILES string of the molecule is CS(=O)(=O)c1nc(C(=O)O)c(Cc2ccccc2F)[nH]1. The molecule has 0 unspecified atom stereocenters. The zero-order valence-electron chi connectivity index (χ0n) is 10.4. The third-order valence-electron chi connectivity index (χ3n) is 2.64. The highest BCUT2D eigenvalue weighted by atomic mass is 32.2. The number of hydrogen-bond acceptors (Lipinski definition) is 4. The first-order chi connectivity index (χ1) is 9.29. The summed E-state index contributed by atoms with van der Waals surface area (Å²) in [6.07, 6.45) is 0.821. The molecule has 1 aromatic carbocycles. The molecule has 0 aliphatic rings. The minimum absolute atomic E-state index is 0.0445. The van der Waals surface area contributed by atoms with E-state index in [1.54, 1.807) is 6.07 Å². The molecule has 2 rings (SSSR count). The van der Waals surface area contributed by atoms with Gasteiger partial charge in [0.05, 0.1) is 5.69 Å². The number of sulfone groups is 1. The lowest BCUT2D eigenvalue weighted by Gasteiger charge is -2.01. The molecule has 8 heteroatoms. The molecule has 106 valence electrons. The summed E-state index contributed by atoms with van der Waals surface area (Å²) in [5.74, 6) is -1.87. The lowest BCUT2D eigenvalue weighted by Crippen LogP contribution is -2.03. The number of hydrogen-bond donors (Lipinski definition) is 2. The number of nitrogens with zero attached hydrogens (tertiary/aromatic N) is 1. The number of carboxylic acids is 1. The Bertz CT molecular complexity index is 768. The van der Waals surface area contributed by atoms with Crippen molar-refractivity contribution in [2.24, 2.45) is 0 Å². The van der Waals surface area contributed by atoms with E-state index in [4.69, 9.17) is 5.11 Å². The molecule has 0 saturated heterocycles. The van der Waals surface area contributed by atoms with Gasteiger partial charge in [0.25, 0.3) is 0 Å². The summed E-state index contributed by atoms with van der Waals surface area (Å²) in [6, 6.07) is 5.84. The van der Waals surface area contributed by atoms with Crippen molar-refractivity contribution in [1.82, 2.24) is 9.97 Å². The van der Waals surface area contributed by atoms with Crippen molar-refractivity contribution >= 4 is 15.8 Å². The molecule has 2 N–H and O–H groups in total. The van der Waals surface area contributed by atoms with Gasteiger partial charge >= 0.3 is 5.97 Å². The fourth-order valence-electron chi connectivity index (χ4n) is 1.70. The monoisotopic (exact) mass is 298 g/mol. The van der Waals surface area contributed by atoms with E-state index in [-0.39, 0.29) is 17.7 Å². The number of aromatic carboxylic acids is 1. The Morgan fingerprint density at radius 3 is 2.60 bits per heavy atom. The first-order valence-corrected chi connectivity index (χ1v) is 7.44. The molecule has 0 aliphatic heterocycles. The van der Waals surface area contributed by atoms with Gasteiger partial charge in [-0.2, -0.15) is 0 Å². The van der Waals surface area contributed by atoms with Crippen LogP contribution in [0.25, 0.3) is 0 Å². The van der Waals surface area contributed by atoms with Crippen LogP contribution in [-0.4, -0.2) is 35.7 Å². The second kappa shape index (κ2) is 5.04. The number of rotatable bonds is 4. The van der Waals surface area contributed by atoms with Crippen LogP contribution in [0.4, 0.5) is 4.39 Å². The van der Waals surface area contributed by atoms with E-state index in [0.29, 0.717) is 0 Å². The molecular weight excluding hydrogens is 287 g/mol. The highest BCUT2D eigenvalue weighted by molar-refractivity contribution is 7.90. The van der Waals surface area contributed by atoms with Crippen molar-refractivity contribution in [2.75, 3.05) is 6.26 Å². The predicted octanol–water partition coefficient (Wildman–Crippen LogP) is 1.24. The van der Waals surface area contributed by atoms with Crippen LogP contribution in [-0.2, 0) is 16.3 Å². The number of nitrogens with one attached hydrogen (secondary N) is 1. The van der Waals surface area contributed by atoms with Gasteiger partial charge in [-0.1, -0.05) is 18.2 Å². The van der Waals surface area contributed by atoms with Gasteiger partial charge in [-0.05, 0) is 11.6 Å². The lowest BCUT2D eigenvalue weighted by molar-refractivity contribution is 0.0689. The summed E-state index contributed by atoms with van der Waals surface area (Å²) in [7, 11) is -3.66. The highest BCUT2D eigenvalue weighted by Gasteiger charge is 2.22. The molecule has 0 bridgehead atoms. The van der Waals surface area contributed by atoms with Gasteiger partial charge in [0.2, 0.25) is 15.0 Å². The number of halogens is 1. The Balaban J connectivity index is 2.49. The zero-order valence-corrected chi connectivity index (χ0v) is 11.2. The van der Waals surface area contributed by atoms with E-state index < -0.39 is 32.5 Å². The smallest absolute Gasteiger partial charge is 0.356 e. The Morgan fingerprint density at radius 1 is 1.40 bits per heavy atom. The average Bonchev–Trinajstić information content (AvgIpc) is 2.76. The fourth-order valence-corrected chi connectivity index (χ4v) is 2.26. The van der Waals surface area contributed by atoms with E-state index >= 15 is 0 Å². The molecule has 0 aliphatic carbocycles. The molecule has 0 atom stereocenters. The van der Waals surface area contributed by atoms with Crippen LogP contribution in [0, 0.1) is 5.82 Å². The molecule has 0 saturated carbocycles. The standard InChI is InChI=1S/C12H11FN2O4S/c1-20(18,19)12-14-9(10(15-12)11(16)17)6-7-4-2-3-5-8(7)13/h2-5H,6H2,1H3,(H,14,15)(H,16,17). The number of carbonyl (C=O) groups is 1. The number of benzene rings is 1. The van der Waals surface area contributed by atoms with Gasteiger partial charge in [0.1, 0.15) is 5.82 Å². The molecular formula is C12H11FN2O4S. The van der Waals surface area contributed by atoms with Gasteiger partial charge in [-0.25, -0.2) is 22.6 Å². The van der Waals surface area contributed by atoms with Crippen LogP contribution in [0.3, 0.4) is 0 Å². The van der Waals surface area contributed by atoms with Crippen LogP contribution in [0.5, 0.6) is 0 Å². The lowest BCUT2D eigenvalue weighted by atomic mass is 10.1. The van der Waals surface area contributed by atoms with E-state index in [1.165, 1.54) is 18.2 Å². The fraction of sp³-hybridized carbons (Fsp3) is 0.167. The van der Waals surface area contributed by atoms with Crippen molar-refractivity contribution in [3.05, 3.63) is 47.0 Å². The maximum atomic E-state index is 13.5. The minimum atomic E-state index is -3.66. The van der Waals surface area contributed by atoms with Crippen LogP contribution >= 0.6 is 0 Å². The Kier molecular flexibility index (Phi) is 3.58. The first kappa shape index (κ1) is 14.2. The largest absolute Gasteiger partial charge is 0.476 e. The third kappa shape index (κ3) is 2.85. The van der Waals surface area contributed by atoms with Gasteiger partial charge in [-0.15, -0.1) is 0 Å². The number of imidazole rings is 1. The Hall–Kier alpha value is -2.22. The second-order valence-electron chi connectivity index (χ2n) is 4.21. The average molecular weight is 298 g/mol. The van der Waals surface area contributed by atoms with E-state index in [0.717, 1.165) is 6.26 Å². The van der Waals surface area contributed by atoms with Gasteiger partial charge in [0.15, 0.2) is 5.69 Å². The summed E-state index contributed by atoms with van der Waals surface area (Å²) in [5.41, 5.74) is -0.129. The molecule has 20 heavy (non-hydrogen) atoms. The first-order valence-electron chi connectivity index (χ1n) is 5.54. The quantitative estimate of drug-likeness (QED) is 0.884. The topological polar surface area (TPSA) is 100 Å². The molecule has 0 spiro atoms. The Morgan fingerprint density at radius 2 is 2.05 bits per heavy atom. The maximum absolute atomic E-state index is 13.5. The third-order valence-corrected chi connectivity index (χ3v) is 3.53. The van der Waals surface area contributed by atoms with Crippen molar-refractivity contribution in [1.29, 1.82) is 0 Å². The molecule has 6 nitrogen and oxygen atoms in total. The molecule has 0 radical (unpaired) electrons. The van der Waals surface area contributed by atoms with Gasteiger partial charge in [0, 0.05) is 12.7 Å². The van der Waals surface area contributed by atoms with Crippen LogP contribution < -0.4 is 0 Å². The normalized spacial score (nSPS) is 11.5. The predicted molar refractivity (Wildman–Crippen MR) is 67.9 cm³/mol. The molecule has 1 aromatic heterocycles. The summed E-state index contributed by atoms with van der Waals surface area (Å²) in [4.78, 5) is 17.0. The van der Waals surface area contributed by atoms with E-state index in [9.17, 15) is 17.6 Å². The van der Waals surface area contributed by atoms with Crippen molar-refractivity contribution < 1.29 is 22.7 Å². The number of aromatic amines is 1. The van der Waals surface area contributed by atoms with Crippen LogP contribution in [0.1, 0.15) is 21.7 Å². The number of H-pyrrole nitrogens is 1. The van der Waals surface area contributed by atoms with E-state index in [1.807, 2.05) is 0 Å². The van der Waals surface area contributed by atoms with Crippen molar-refractivity contribution in [3.63, 3.8) is 0 Å². The van der Waals surface area contributed by atoms with Crippen molar-refractivity contribution in [2.45, 2.75) is 11.6 Å². The maximum Gasteiger partial charge on any atom is 0.356 e. The number of aromatic nitrogens is 2. The highest BCUT2D eigenvalue weighted by Crippen LogP contribution is 2.17. The van der Waals surface area contributed by atoms with Crippen LogP contribution in [0.2, 0.25) is 0 Å². The number of carboxylic acid groups (broad SMARTS) is 1. The molecule has 1 heterocycles. The van der Waals surface area contributed by atoms with Crippen molar-refractivity contribution in [3.8, 4) is 0 Å². The molecule has 0 amide bonds. The van der Waals surface area contributed by atoms with Gasteiger partial charge in [-0.3, -0.25) is 0 Å². The second-order valence-corrected chi connectivity index (χ2v) is 6.15. The minimum Gasteiger partial charge on any atom is -0.476 e. The van der Waals surface area contributed by atoms with Gasteiger partial charge < -0.3 is 10.1 Å². The summed E-state index contributed by atoms with van der Waals surface area (Å²) >= 11 is 0. The zero-order chi connectivity index (χ0) is 14.9. The Labute approximate surface area is 114 Å². The van der Waals surface area contributed by atoms with E-state index in [2.05, 4.69) is 9.97 Å². The summed E-state index contributed by atoms with van der Waals surface area (Å²) in [6.45, 7) is 0. The summed E-state index contributed by atoms with van der Waals surface area (Å²) in [5, 5.41) is 8.58. The summed E-state index contributed by atoms with van der Waals surface area (Å²) < 4.78 is 36.3. The molecule has 0 fully saturated rings.